The van der Waals surface area contributed by atoms with Crippen LogP contribution >= 0.6 is 0 Å². The number of nitrogens with zero attached hydrogens (tertiary/aromatic N) is 1. The Bertz CT molecular complexity index is 349. The topological polar surface area (TPSA) is 34.1 Å². The Hall–Kier alpha value is -1.09. The standard InChI is InChI=1S/C18H32N2O/c1-4-5-6-7-8-9-12-21-18-11-10-17(15-20-18)14-19-13-16(2)3/h10-11,15-16,19H,4-9,12-14H2,1-3H3. The first kappa shape index (κ1) is 18.0. The lowest BCUT2D eigenvalue weighted by molar-refractivity contribution is 0.293. The molecule has 21 heavy (non-hydrogen) atoms. The number of ether oxygens (including phenoxy) is 1. The molecule has 1 heterocycles. The van der Waals surface area contributed by atoms with E-state index in [-0.39, 0.29) is 0 Å². The van der Waals surface area contributed by atoms with E-state index in [1.54, 1.807) is 0 Å². The highest BCUT2D eigenvalue weighted by atomic mass is 16.5. The lowest BCUT2D eigenvalue weighted by Crippen LogP contribution is -2.19. The molecule has 1 rings (SSSR count). The number of nitrogens with one attached hydrogen (secondary N) is 1. The molecule has 0 amide bonds. The summed E-state index contributed by atoms with van der Waals surface area (Å²) in [5, 5.41) is 3.42. The van der Waals surface area contributed by atoms with E-state index in [1.807, 2.05) is 12.3 Å². The summed E-state index contributed by atoms with van der Waals surface area (Å²) >= 11 is 0. The molecule has 1 N–H and O–H groups in total. The van der Waals surface area contributed by atoms with E-state index in [0.29, 0.717) is 5.92 Å². The zero-order chi connectivity index (χ0) is 15.3. The highest BCUT2D eigenvalue weighted by molar-refractivity contribution is 5.17. The fourth-order valence-corrected chi connectivity index (χ4v) is 2.17. The summed E-state index contributed by atoms with van der Waals surface area (Å²) in [7, 11) is 0. The highest BCUT2D eigenvalue weighted by Crippen LogP contribution is 2.10. The summed E-state index contributed by atoms with van der Waals surface area (Å²) in [5.41, 5.74) is 1.21. The summed E-state index contributed by atoms with van der Waals surface area (Å²) in [6.45, 7) is 9.37. The normalized spacial score (nSPS) is 11.0. The second-order valence-electron chi connectivity index (χ2n) is 6.15. The molecule has 1 aromatic rings. The van der Waals surface area contributed by atoms with Crippen LogP contribution < -0.4 is 10.1 Å². The third-order valence-corrected chi connectivity index (χ3v) is 3.43. The van der Waals surface area contributed by atoms with Gasteiger partial charge in [0.1, 0.15) is 0 Å². The molecule has 0 atom stereocenters. The molecule has 0 aromatic carbocycles. The van der Waals surface area contributed by atoms with Crippen LogP contribution in [-0.2, 0) is 6.54 Å². The molecule has 0 radical (unpaired) electrons. The van der Waals surface area contributed by atoms with Crippen molar-refractivity contribution in [1.29, 1.82) is 0 Å². The first-order valence-corrected chi connectivity index (χ1v) is 8.50. The van der Waals surface area contributed by atoms with Gasteiger partial charge in [0.25, 0.3) is 0 Å². The monoisotopic (exact) mass is 292 g/mol. The van der Waals surface area contributed by atoms with Crippen molar-refractivity contribution in [3.63, 3.8) is 0 Å². The van der Waals surface area contributed by atoms with Gasteiger partial charge in [0.05, 0.1) is 6.61 Å². The van der Waals surface area contributed by atoms with Crippen LogP contribution in [0.5, 0.6) is 5.88 Å². The molecule has 3 heteroatoms. The van der Waals surface area contributed by atoms with E-state index in [2.05, 4.69) is 37.1 Å². The minimum atomic E-state index is 0.679. The van der Waals surface area contributed by atoms with Crippen molar-refractivity contribution in [2.45, 2.75) is 65.8 Å². The van der Waals surface area contributed by atoms with Gasteiger partial charge in [-0.2, -0.15) is 0 Å². The van der Waals surface area contributed by atoms with E-state index in [4.69, 9.17) is 4.74 Å². The molecule has 0 unspecified atom stereocenters. The molecular formula is C18H32N2O. The van der Waals surface area contributed by atoms with Gasteiger partial charge in [-0.25, -0.2) is 4.98 Å². The Labute approximate surface area is 130 Å². The van der Waals surface area contributed by atoms with Crippen molar-refractivity contribution in [3.05, 3.63) is 23.9 Å². The summed E-state index contributed by atoms with van der Waals surface area (Å²) in [6.07, 6.45) is 9.63. The summed E-state index contributed by atoms with van der Waals surface area (Å²) < 4.78 is 5.68. The number of hydrogen-bond acceptors (Lipinski definition) is 3. The molecule has 0 spiro atoms. The highest BCUT2D eigenvalue weighted by Gasteiger charge is 1.98. The molecule has 0 aliphatic heterocycles. The van der Waals surface area contributed by atoms with Crippen LogP contribution in [0.15, 0.2) is 18.3 Å². The lowest BCUT2D eigenvalue weighted by Gasteiger charge is -2.08. The fourth-order valence-electron chi connectivity index (χ4n) is 2.17. The van der Waals surface area contributed by atoms with Crippen molar-refractivity contribution in [1.82, 2.24) is 10.3 Å². The molecule has 0 bridgehead atoms. The second-order valence-corrected chi connectivity index (χ2v) is 6.15. The Morgan fingerprint density at radius 1 is 1.10 bits per heavy atom. The average molecular weight is 292 g/mol. The largest absolute Gasteiger partial charge is 0.478 e. The van der Waals surface area contributed by atoms with E-state index in [0.717, 1.165) is 32.0 Å². The molecule has 120 valence electrons. The quantitative estimate of drug-likeness (QED) is 0.573. The van der Waals surface area contributed by atoms with Gasteiger partial charge in [-0.1, -0.05) is 58.9 Å². The van der Waals surface area contributed by atoms with Crippen LogP contribution in [0.25, 0.3) is 0 Å². The van der Waals surface area contributed by atoms with Gasteiger partial charge in [0.2, 0.25) is 5.88 Å². The smallest absolute Gasteiger partial charge is 0.213 e. The van der Waals surface area contributed by atoms with Gasteiger partial charge < -0.3 is 10.1 Å². The molecule has 3 nitrogen and oxygen atoms in total. The summed E-state index contributed by atoms with van der Waals surface area (Å²) in [5.74, 6) is 1.43. The third kappa shape index (κ3) is 9.46. The minimum absolute atomic E-state index is 0.679. The second kappa shape index (κ2) is 11.6. The van der Waals surface area contributed by atoms with Gasteiger partial charge >= 0.3 is 0 Å². The maximum atomic E-state index is 5.68. The molecule has 1 aromatic heterocycles. The van der Waals surface area contributed by atoms with E-state index >= 15 is 0 Å². The van der Waals surface area contributed by atoms with Crippen LogP contribution in [0.3, 0.4) is 0 Å². The fraction of sp³-hybridized carbons (Fsp3) is 0.722. The van der Waals surface area contributed by atoms with E-state index in [1.165, 1.54) is 37.7 Å². The molecule has 0 saturated heterocycles. The predicted molar refractivity (Wildman–Crippen MR) is 89.7 cm³/mol. The number of rotatable bonds is 12. The van der Waals surface area contributed by atoms with Crippen molar-refractivity contribution < 1.29 is 4.74 Å². The van der Waals surface area contributed by atoms with E-state index < -0.39 is 0 Å². The van der Waals surface area contributed by atoms with Crippen molar-refractivity contribution in [3.8, 4) is 5.88 Å². The van der Waals surface area contributed by atoms with Gasteiger partial charge in [0.15, 0.2) is 0 Å². The van der Waals surface area contributed by atoms with Crippen molar-refractivity contribution in [2.24, 2.45) is 5.92 Å². The molecule has 0 aliphatic rings. The maximum Gasteiger partial charge on any atom is 0.213 e. The van der Waals surface area contributed by atoms with E-state index in [9.17, 15) is 0 Å². The van der Waals surface area contributed by atoms with Crippen LogP contribution in [0, 0.1) is 5.92 Å². The van der Waals surface area contributed by atoms with Crippen LogP contribution in [0.2, 0.25) is 0 Å². The van der Waals surface area contributed by atoms with Gasteiger partial charge in [-0.15, -0.1) is 0 Å². The first-order valence-electron chi connectivity index (χ1n) is 8.50. The number of pyridine rings is 1. The van der Waals surface area contributed by atoms with Crippen LogP contribution in [0.1, 0.15) is 64.9 Å². The van der Waals surface area contributed by atoms with Crippen LogP contribution in [0.4, 0.5) is 0 Å². The molecule has 0 saturated carbocycles. The zero-order valence-corrected chi connectivity index (χ0v) is 14.0. The van der Waals surface area contributed by atoms with Gasteiger partial charge in [-0.3, -0.25) is 0 Å². The van der Waals surface area contributed by atoms with Gasteiger partial charge in [0, 0.05) is 18.8 Å². The average Bonchev–Trinajstić information content (AvgIpc) is 2.47. The molecule has 0 aliphatic carbocycles. The number of unbranched alkanes of at least 4 members (excludes halogenated alkanes) is 5. The molecule has 0 fully saturated rings. The Morgan fingerprint density at radius 3 is 2.52 bits per heavy atom. The third-order valence-electron chi connectivity index (χ3n) is 3.43. The minimum Gasteiger partial charge on any atom is -0.478 e. The van der Waals surface area contributed by atoms with Gasteiger partial charge in [-0.05, 0) is 24.4 Å². The Kier molecular flexibility index (Phi) is 9.88. The number of hydrogen-bond donors (Lipinski definition) is 1. The Morgan fingerprint density at radius 2 is 1.86 bits per heavy atom. The lowest BCUT2D eigenvalue weighted by atomic mass is 10.1. The zero-order valence-electron chi connectivity index (χ0n) is 14.0. The predicted octanol–water partition coefficient (Wildman–Crippen LogP) is 4.57. The first-order chi connectivity index (χ1) is 10.2. The van der Waals surface area contributed by atoms with Crippen molar-refractivity contribution in [2.75, 3.05) is 13.2 Å². The van der Waals surface area contributed by atoms with Crippen molar-refractivity contribution >= 4 is 0 Å². The van der Waals surface area contributed by atoms with Crippen LogP contribution in [-0.4, -0.2) is 18.1 Å². The molecular weight excluding hydrogens is 260 g/mol. The maximum absolute atomic E-state index is 5.68. The number of aromatic nitrogens is 1. The summed E-state index contributed by atoms with van der Waals surface area (Å²) in [4.78, 5) is 4.36. The Balaban J connectivity index is 2.10. The SMILES string of the molecule is CCCCCCCCOc1ccc(CNCC(C)C)cn1. The summed E-state index contributed by atoms with van der Waals surface area (Å²) in [6, 6.07) is 4.07.